The van der Waals surface area contributed by atoms with E-state index in [0.29, 0.717) is 38.4 Å². The summed E-state index contributed by atoms with van der Waals surface area (Å²) >= 11 is 4.20. The third-order valence-corrected chi connectivity index (χ3v) is 5.33. The summed E-state index contributed by atoms with van der Waals surface area (Å²) in [6.07, 6.45) is 2.24. The number of aromatic nitrogens is 2. The molecule has 1 aliphatic heterocycles. The van der Waals surface area contributed by atoms with E-state index in [1.165, 1.54) is 24.5 Å². The first kappa shape index (κ1) is 25.2. The van der Waals surface area contributed by atoms with Crippen molar-refractivity contribution >= 4 is 36.6 Å². The van der Waals surface area contributed by atoms with Crippen LogP contribution in [0.2, 0.25) is 0 Å². The number of rotatable bonds is 5. The summed E-state index contributed by atoms with van der Waals surface area (Å²) in [4.78, 5) is 47.6. The first-order chi connectivity index (χ1) is 16.0. The number of piperazine rings is 1. The number of nitrogens with zero attached hydrogens (tertiary/aromatic N) is 5. The summed E-state index contributed by atoms with van der Waals surface area (Å²) in [6, 6.07) is 5.92. The number of carboxylic acid groups (broad SMARTS) is 1. The summed E-state index contributed by atoms with van der Waals surface area (Å²) < 4.78 is 6.50. The van der Waals surface area contributed by atoms with Crippen LogP contribution in [0.15, 0.2) is 36.7 Å². The van der Waals surface area contributed by atoms with Crippen LogP contribution in [-0.2, 0) is 6.54 Å². The molecule has 0 aliphatic carbocycles. The van der Waals surface area contributed by atoms with Gasteiger partial charge >= 0.3 is 18.1 Å². The zero-order valence-corrected chi connectivity index (χ0v) is 20.2. The van der Waals surface area contributed by atoms with Crippen molar-refractivity contribution < 1.29 is 24.2 Å². The summed E-state index contributed by atoms with van der Waals surface area (Å²) in [5, 5.41) is 11.7. The number of carboxylic acids is 1. The molecule has 0 bridgehead atoms. The predicted octanol–water partition coefficient (Wildman–Crippen LogP) is 2.65. The Morgan fingerprint density at radius 2 is 1.79 bits per heavy atom. The number of pyridine rings is 2. The molecule has 1 aliphatic rings. The Bertz CT molecular complexity index is 1020. The maximum atomic E-state index is 12.5. The molecule has 0 radical (unpaired) electrons. The van der Waals surface area contributed by atoms with E-state index in [2.05, 4.69) is 33.0 Å². The molecule has 0 aromatic carbocycles. The van der Waals surface area contributed by atoms with E-state index in [1.54, 1.807) is 17.0 Å². The van der Waals surface area contributed by atoms with Crippen LogP contribution >= 0.6 is 12.8 Å². The Labute approximate surface area is 203 Å². The minimum atomic E-state index is -1.01. The number of thiol groups is 1. The van der Waals surface area contributed by atoms with Crippen molar-refractivity contribution in [2.24, 2.45) is 0 Å². The van der Waals surface area contributed by atoms with Crippen molar-refractivity contribution in [3.05, 3.63) is 47.9 Å². The lowest BCUT2D eigenvalue weighted by atomic mass is 10.1. The molecule has 0 spiro atoms. The number of carbonyl (C=O) groups excluding carboxylic acids is 2. The number of ether oxygens (including phenoxy) is 1. The molecular weight excluding hydrogens is 460 g/mol. The normalized spacial score (nSPS) is 14.4. The van der Waals surface area contributed by atoms with Crippen LogP contribution in [-0.4, -0.2) is 74.7 Å². The molecule has 182 valence electrons. The summed E-state index contributed by atoms with van der Waals surface area (Å²) in [5.41, 5.74) is 0.934. The van der Waals surface area contributed by atoms with Gasteiger partial charge in [-0.05, 0) is 39.0 Å². The molecule has 12 heteroatoms. The maximum absolute atomic E-state index is 12.5. The number of amides is 3. The number of anilines is 1. The van der Waals surface area contributed by atoms with Gasteiger partial charge in [0.05, 0.1) is 23.1 Å². The van der Waals surface area contributed by atoms with E-state index in [-0.39, 0.29) is 11.4 Å². The highest BCUT2D eigenvalue weighted by molar-refractivity contribution is 7.82. The number of carbonyl (C=O) groups is 3. The van der Waals surface area contributed by atoms with E-state index in [4.69, 9.17) is 9.84 Å². The van der Waals surface area contributed by atoms with Crippen LogP contribution in [0.3, 0.4) is 0 Å². The van der Waals surface area contributed by atoms with Crippen LogP contribution in [0.25, 0.3) is 0 Å². The lowest BCUT2D eigenvalue weighted by molar-refractivity contribution is 0.0696. The molecule has 0 atom stereocenters. The number of aromatic carboxylic acids is 1. The SMILES string of the molecule is CC(C)(C)NC(=O)N(S)c1ccc(OC(=O)N2CCN(Cc3ccc(C(=O)O)cn3)CC2)nc1. The molecule has 34 heavy (non-hydrogen) atoms. The molecule has 0 saturated carbocycles. The fraction of sp³-hybridized carbons (Fsp3) is 0.409. The molecule has 1 saturated heterocycles. The van der Waals surface area contributed by atoms with Crippen LogP contribution in [0, 0.1) is 0 Å². The van der Waals surface area contributed by atoms with Gasteiger partial charge in [-0.15, -0.1) is 0 Å². The second kappa shape index (κ2) is 10.7. The molecule has 0 unspecified atom stereocenters. The lowest BCUT2D eigenvalue weighted by Gasteiger charge is -2.33. The van der Waals surface area contributed by atoms with Crippen molar-refractivity contribution in [3.63, 3.8) is 0 Å². The van der Waals surface area contributed by atoms with Crippen LogP contribution in [0.4, 0.5) is 15.3 Å². The van der Waals surface area contributed by atoms with E-state index >= 15 is 0 Å². The van der Waals surface area contributed by atoms with E-state index in [1.807, 2.05) is 20.8 Å². The Hall–Kier alpha value is -3.38. The van der Waals surface area contributed by atoms with Gasteiger partial charge in [-0.2, -0.15) is 0 Å². The van der Waals surface area contributed by atoms with Crippen LogP contribution < -0.4 is 14.4 Å². The predicted molar refractivity (Wildman–Crippen MR) is 128 cm³/mol. The van der Waals surface area contributed by atoms with E-state index in [0.717, 1.165) is 10.00 Å². The molecule has 1 fully saturated rings. The first-order valence-corrected chi connectivity index (χ1v) is 11.1. The largest absolute Gasteiger partial charge is 0.478 e. The number of urea groups is 1. The second-order valence-corrected chi connectivity index (χ2v) is 9.22. The fourth-order valence-electron chi connectivity index (χ4n) is 3.17. The Balaban J connectivity index is 1.47. The third-order valence-electron chi connectivity index (χ3n) is 4.92. The summed E-state index contributed by atoms with van der Waals surface area (Å²) in [7, 11) is 0. The van der Waals surface area contributed by atoms with Crippen molar-refractivity contribution in [2.45, 2.75) is 32.9 Å². The van der Waals surface area contributed by atoms with Gasteiger partial charge in [0.15, 0.2) is 0 Å². The average Bonchev–Trinajstić information content (AvgIpc) is 2.79. The second-order valence-electron chi connectivity index (χ2n) is 8.82. The molecule has 2 aromatic rings. The highest BCUT2D eigenvalue weighted by atomic mass is 32.1. The van der Waals surface area contributed by atoms with Gasteiger partial charge < -0.3 is 20.1 Å². The summed E-state index contributed by atoms with van der Waals surface area (Å²) in [6.45, 7) is 8.36. The van der Waals surface area contributed by atoms with Gasteiger partial charge in [0.25, 0.3) is 0 Å². The quantitative estimate of drug-likeness (QED) is 0.548. The van der Waals surface area contributed by atoms with Gasteiger partial charge in [-0.3, -0.25) is 9.88 Å². The van der Waals surface area contributed by atoms with Crippen molar-refractivity contribution in [1.29, 1.82) is 0 Å². The highest BCUT2D eigenvalue weighted by Crippen LogP contribution is 2.20. The smallest absolute Gasteiger partial charge is 0.416 e. The van der Waals surface area contributed by atoms with Gasteiger partial charge in [0.2, 0.25) is 5.88 Å². The molecule has 3 amide bonds. The Kier molecular flexibility index (Phi) is 7.94. The average molecular weight is 489 g/mol. The molecule has 2 aromatic heterocycles. The molecular formula is C22H28N6O5S. The summed E-state index contributed by atoms with van der Waals surface area (Å²) in [5.74, 6) is -0.888. The Morgan fingerprint density at radius 3 is 2.32 bits per heavy atom. The number of nitrogens with one attached hydrogen (secondary N) is 1. The van der Waals surface area contributed by atoms with Crippen LogP contribution in [0.1, 0.15) is 36.8 Å². The van der Waals surface area contributed by atoms with E-state index in [9.17, 15) is 14.4 Å². The van der Waals surface area contributed by atoms with Crippen LogP contribution in [0.5, 0.6) is 5.88 Å². The third kappa shape index (κ3) is 7.06. The molecule has 3 heterocycles. The topological polar surface area (TPSA) is 128 Å². The van der Waals surface area contributed by atoms with Gasteiger partial charge in [0, 0.05) is 50.5 Å². The number of hydrogen-bond donors (Lipinski definition) is 3. The van der Waals surface area contributed by atoms with Crippen molar-refractivity contribution in [2.75, 3.05) is 30.5 Å². The van der Waals surface area contributed by atoms with E-state index < -0.39 is 23.6 Å². The van der Waals surface area contributed by atoms with Gasteiger partial charge in [-0.25, -0.2) is 23.7 Å². The first-order valence-electron chi connectivity index (χ1n) is 10.7. The maximum Gasteiger partial charge on any atom is 0.416 e. The molecule has 2 N–H and O–H groups in total. The van der Waals surface area contributed by atoms with Crippen molar-refractivity contribution in [3.8, 4) is 5.88 Å². The standard InChI is InChI=1S/C22H28N6O5S/c1-22(2,3)25-20(31)28(34)17-6-7-18(24-13-17)33-21(32)27-10-8-26(9-11-27)14-16-5-4-15(12-23-16)19(29)30/h4-7,12-13,34H,8-11,14H2,1-3H3,(H,25,31)(H,29,30). The van der Waals surface area contributed by atoms with Gasteiger partial charge in [-0.1, -0.05) is 12.8 Å². The van der Waals surface area contributed by atoms with Gasteiger partial charge in [0.1, 0.15) is 0 Å². The lowest BCUT2D eigenvalue weighted by Crippen LogP contribution is -2.49. The Morgan fingerprint density at radius 1 is 1.09 bits per heavy atom. The highest BCUT2D eigenvalue weighted by Gasteiger charge is 2.24. The van der Waals surface area contributed by atoms with Crippen molar-refractivity contribution in [1.82, 2.24) is 25.1 Å². The molecule has 11 nitrogen and oxygen atoms in total. The zero-order chi connectivity index (χ0) is 24.9. The fourth-order valence-corrected chi connectivity index (χ4v) is 3.33. The minimum Gasteiger partial charge on any atom is -0.478 e. The zero-order valence-electron chi connectivity index (χ0n) is 19.3. The number of hydrogen-bond acceptors (Lipinski definition) is 8. The minimum absolute atomic E-state index is 0.122. The monoisotopic (exact) mass is 488 g/mol. The molecule has 3 rings (SSSR count).